The van der Waals surface area contributed by atoms with E-state index < -0.39 is 0 Å². The third-order valence-electron chi connectivity index (χ3n) is 8.48. The summed E-state index contributed by atoms with van der Waals surface area (Å²) >= 11 is 5.07. The van der Waals surface area contributed by atoms with Crippen molar-refractivity contribution in [2.45, 2.75) is 25.8 Å². The number of aromatic amines is 1. The number of allylic oxidation sites excluding steroid dienone is 1. The Balaban J connectivity index is 1.41. The molecule has 8 rings (SSSR count). The highest BCUT2D eigenvalue weighted by Gasteiger charge is 2.32. The Morgan fingerprint density at radius 3 is 2.55 bits per heavy atom. The average Bonchev–Trinajstić information content (AvgIpc) is 3.55. The summed E-state index contributed by atoms with van der Waals surface area (Å²) in [6.45, 7) is 2.12. The van der Waals surface area contributed by atoms with Crippen molar-refractivity contribution in [2.24, 2.45) is 4.99 Å². The van der Waals surface area contributed by atoms with Gasteiger partial charge >= 0.3 is 0 Å². The molecule has 0 radical (unpaired) electrons. The molecule has 0 saturated heterocycles. The van der Waals surface area contributed by atoms with Gasteiger partial charge in [-0.1, -0.05) is 112 Å². The summed E-state index contributed by atoms with van der Waals surface area (Å²) in [6.07, 6.45) is 3.89. The van der Waals surface area contributed by atoms with E-state index in [1.54, 1.807) is 0 Å². The largest absolute Gasteiger partial charge is 0.354 e. The molecule has 2 aromatic heterocycles. The Bertz CT molecular complexity index is 2240. The van der Waals surface area contributed by atoms with Gasteiger partial charge in [-0.25, -0.2) is 4.99 Å². The normalized spacial score (nSPS) is 16.2. The van der Waals surface area contributed by atoms with Crippen LogP contribution in [0.3, 0.4) is 0 Å². The molecular weight excluding hydrogens is 602 g/mol. The van der Waals surface area contributed by atoms with Gasteiger partial charge in [0.15, 0.2) is 4.80 Å². The third-order valence-corrected chi connectivity index (χ3v) is 9.99. The molecule has 1 aliphatic heterocycles. The second-order valence-electron chi connectivity index (χ2n) is 10.9. The van der Waals surface area contributed by atoms with Crippen molar-refractivity contribution in [1.82, 2.24) is 9.55 Å². The number of para-hydroxylation sites is 1. The molecule has 0 spiro atoms. The van der Waals surface area contributed by atoms with E-state index in [1.807, 2.05) is 22.8 Å². The summed E-state index contributed by atoms with van der Waals surface area (Å²) in [5.74, 6) is 0. The van der Waals surface area contributed by atoms with Crippen LogP contribution in [0.15, 0.2) is 117 Å². The second kappa shape index (κ2) is 9.93. The first-order valence-corrected chi connectivity index (χ1v) is 15.7. The molecule has 0 bridgehead atoms. The molecule has 42 heavy (non-hydrogen) atoms. The molecule has 1 N–H and O–H groups in total. The molecule has 0 amide bonds. The van der Waals surface area contributed by atoms with Crippen LogP contribution in [0.25, 0.3) is 33.9 Å². The van der Waals surface area contributed by atoms with Crippen molar-refractivity contribution in [3.63, 3.8) is 0 Å². The van der Waals surface area contributed by atoms with Crippen molar-refractivity contribution in [3.05, 3.63) is 155 Å². The zero-order valence-corrected chi connectivity index (χ0v) is 25.3. The number of hydrogen-bond donors (Lipinski definition) is 1. The summed E-state index contributed by atoms with van der Waals surface area (Å²) in [5.41, 5.74) is 11.2. The van der Waals surface area contributed by atoms with E-state index in [0.717, 1.165) is 61.1 Å². The van der Waals surface area contributed by atoms with Crippen molar-refractivity contribution >= 4 is 49.9 Å². The van der Waals surface area contributed by atoms with Crippen LogP contribution in [0.2, 0.25) is 0 Å². The summed E-state index contributed by atoms with van der Waals surface area (Å²) < 4.78 is 3.63. The van der Waals surface area contributed by atoms with Gasteiger partial charge in [0, 0.05) is 26.5 Å². The lowest BCUT2D eigenvalue weighted by atomic mass is 9.83. The van der Waals surface area contributed by atoms with Gasteiger partial charge in [0.2, 0.25) is 0 Å². The first-order chi connectivity index (χ1) is 20.6. The lowest BCUT2D eigenvalue weighted by Crippen LogP contribution is -2.38. The zero-order chi connectivity index (χ0) is 28.4. The van der Waals surface area contributed by atoms with Crippen LogP contribution < -0.4 is 14.9 Å². The third kappa shape index (κ3) is 4.01. The van der Waals surface area contributed by atoms with E-state index >= 15 is 0 Å². The summed E-state index contributed by atoms with van der Waals surface area (Å²) in [4.78, 5) is 24.0. The number of hydrogen-bond acceptors (Lipinski definition) is 3. The Labute approximate surface area is 255 Å². The maximum absolute atomic E-state index is 14.4. The van der Waals surface area contributed by atoms with Crippen LogP contribution in [0.5, 0.6) is 0 Å². The number of halogens is 1. The Hall–Kier alpha value is -4.26. The van der Waals surface area contributed by atoms with E-state index in [0.29, 0.717) is 4.53 Å². The smallest absolute Gasteiger partial charge is 0.271 e. The summed E-state index contributed by atoms with van der Waals surface area (Å²) in [7, 11) is 0. The molecule has 2 aliphatic rings. The van der Waals surface area contributed by atoms with Gasteiger partial charge in [-0.2, -0.15) is 0 Å². The van der Waals surface area contributed by atoms with Crippen molar-refractivity contribution in [3.8, 4) is 11.3 Å². The maximum atomic E-state index is 14.4. The molecule has 0 fully saturated rings. The van der Waals surface area contributed by atoms with Crippen LogP contribution in [-0.4, -0.2) is 9.55 Å². The van der Waals surface area contributed by atoms with E-state index in [2.05, 4.69) is 113 Å². The number of benzene rings is 4. The fraction of sp³-hybridized carbons (Fsp3) is 0.111. The van der Waals surface area contributed by atoms with Gasteiger partial charge < -0.3 is 4.98 Å². The number of nitrogens with one attached hydrogen (secondary N) is 1. The number of rotatable bonds is 3. The lowest BCUT2D eigenvalue weighted by Gasteiger charge is -2.30. The lowest BCUT2D eigenvalue weighted by molar-refractivity contribution is 0.585. The van der Waals surface area contributed by atoms with Crippen molar-refractivity contribution in [1.29, 1.82) is 0 Å². The molecule has 1 aliphatic carbocycles. The molecule has 1 atom stereocenters. The van der Waals surface area contributed by atoms with Gasteiger partial charge in [0.1, 0.15) is 0 Å². The highest BCUT2D eigenvalue weighted by Crippen LogP contribution is 2.41. The van der Waals surface area contributed by atoms with Crippen LogP contribution in [0, 0.1) is 6.92 Å². The predicted octanol–water partition coefficient (Wildman–Crippen LogP) is 7.54. The first kappa shape index (κ1) is 25.5. The molecule has 204 valence electrons. The molecular formula is C36H26BrN3OS. The monoisotopic (exact) mass is 627 g/mol. The maximum Gasteiger partial charge on any atom is 0.271 e. The SMILES string of the molecule is Cc1cccc2c(/C=c3/sc4n(c3=O)[C@H](c3ccc(Br)cc3)C3=C(N=4)c4ccccc4CC3)c(-c3ccccc3)[nH]c12. The van der Waals surface area contributed by atoms with Crippen LogP contribution >= 0.6 is 27.3 Å². The highest BCUT2D eigenvalue weighted by atomic mass is 79.9. The van der Waals surface area contributed by atoms with E-state index in [4.69, 9.17) is 4.99 Å². The van der Waals surface area contributed by atoms with Crippen LogP contribution in [-0.2, 0) is 6.42 Å². The number of aromatic nitrogens is 2. The van der Waals surface area contributed by atoms with Crippen molar-refractivity contribution < 1.29 is 0 Å². The molecule has 0 unspecified atom stereocenters. The summed E-state index contributed by atoms with van der Waals surface area (Å²) in [6, 6.07) is 33.4. The molecule has 4 nitrogen and oxygen atoms in total. The molecule has 6 heteroatoms. The number of thiazole rings is 1. The van der Waals surface area contributed by atoms with Crippen LogP contribution in [0.4, 0.5) is 0 Å². The average molecular weight is 629 g/mol. The molecule has 3 heterocycles. The first-order valence-electron chi connectivity index (χ1n) is 14.1. The van der Waals surface area contributed by atoms with Gasteiger partial charge in [0.05, 0.1) is 22.0 Å². The van der Waals surface area contributed by atoms with E-state index in [-0.39, 0.29) is 11.6 Å². The molecule has 0 saturated carbocycles. The Morgan fingerprint density at radius 1 is 0.929 bits per heavy atom. The standard InChI is InChI=1S/C36H26BrN3OS/c1-21-8-7-13-27-29(32(38-31(21)27)23-10-3-2-4-11-23)20-30-35(41)40-34(24-14-17-25(37)18-15-24)28-19-16-22-9-5-6-12-26(22)33(28)39-36(40)42-30/h2-15,17-18,20,34,38H,16,19H2,1H3/b30-20+/t34-/m1/s1. The number of aryl methyl sites for hydroxylation is 2. The van der Waals surface area contributed by atoms with E-state index in [9.17, 15) is 4.79 Å². The number of H-pyrrole nitrogens is 1. The highest BCUT2D eigenvalue weighted by molar-refractivity contribution is 9.10. The molecule has 6 aromatic rings. The summed E-state index contributed by atoms with van der Waals surface area (Å²) in [5, 5.41) is 1.11. The van der Waals surface area contributed by atoms with Crippen LogP contribution in [0.1, 0.15) is 40.3 Å². The quantitative estimate of drug-likeness (QED) is 0.216. The predicted molar refractivity (Wildman–Crippen MR) is 175 cm³/mol. The van der Waals surface area contributed by atoms with Gasteiger partial charge in [-0.15, -0.1) is 0 Å². The van der Waals surface area contributed by atoms with Gasteiger partial charge in [-0.05, 0) is 65.8 Å². The Morgan fingerprint density at radius 2 is 1.71 bits per heavy atom. The van der Waals surface area contributed by atoms with Gasteiger partial charge in [0.25, 0.3) is 5.56 Å². The fourth-order valence-corrected chi connectivity index (χ4v) is 7.71. The number of fused-ring (bicyclic) bond motifs is 4. The Kier molecular flexibility index (Phi) is 6.02. The minimum Gasteiger partial charge on any atom is -0.354 e. The molecule has 4 aromatic carbocycles. The van der Waals surface area contributed by atoms with Gasteiger partial charge in [-0.3, -0.25) is 9.36 Å². The second-order valence-corrected chi connectivity index (χ2v) is 12.9. The minimum absolute atomic E-state index is 0.00177. The number of nitrogens with zero attached hydrogens (tertiary/aromatic N) is 2. The fourth-order valence-electron chi connectivity index (χ4n) is 6.47. The minimum atomic E-state index is -0.196. The van der Waals surface area contributed by atoms with E-state index in [1.165, 1.54) is 33.6 Å². The zero-order valence-electron chi connectivity index (χ0n) is 22.9. The topological polar surface area (TPSA) is 50.1 Å². The van der Waals surface area contributed by atoms with Crippen molar-refractivity contribution in [2.75, 3.05) is 0 Å².